The summed E-state index contributed by atoms with van der Waals surface area (Å²) in [5.41, 5.74) is 5.56. The van der Waals surface area contributed by atoms with Crippen molar-refractivity contribution < 1.29 is 13.2 Å². The standard InChI is InChI=1S/C9H18N4O3S/c1-12-7-8(9(10)11-12)17(14,15)13(2)5-4-6-16-3/h7H,4-6H2,1-3H3,(H2,10,11). The van der Waals surface area contributed by atoms with Gasteiger partial charge in [-0.3, -0.25) is 4.68 Å². The van der Waals surface area contributed by atoms with Crippen molar-refractivity contribution in [1.29, 1.82) is 0 Å². The van der Waals surface area contributed by atoms with Crippen molar-refractivity contribution in [2.45, 2.75) is 11.3 Å². The van der Waals surface area contributed by atoms with Gasteiger partial charge >= 0.3 is 0 Å². The Hall–Kier alpha value is -1.12. The van der Waals surface area contributed by atoms with Crippen LogP contribution in [0, 0.1) is 0 Å². The van der Waals surface area contributed by atoms with Crippen LogP contribution in [0.2, 0.25) is 0 Å². The zero-order valence-electron chi connectivity index (χ0n) is 10.3. The molecule has 0 aliphatic rings. The van der Waals surface area contributed by atoms with E-state index in [0.29, 0.717) is 19.6 Å². The minimum Gasteiger partial charge on any atom is -0.385 e. The molecule has 0 bridgehead atoms. The maximum Gasteiger partial charge on any atom is 0.248 e. The smallest absolute Gasteiger partial charge is 0.248 e. The number of hydrogen-bond donors (Lipinski definition) is 1. The third-order valence-corrected chi connectivity index (χ3v) is 4.21. The van der Waals surface area contributed by atoms with Gasteiger partial charge < -0.3 is 10.5 Å². The molecule has 7 nitrogen and oxygen atoms in total. The Morgan fingerprint density at radius 3 is 2.71 bits per heavy atom. The predicted molar refractivity (Wildman–Crippen MR) is 63.9 cm³/mol. The average molecular weight is 262 g/mol. The van der Waals surface area contributed by atoms with Gasteiger partial charge in [0.05, 0.1) is 0 Å². The molecule has 0 amide bonds. The molecule has 0 aromatic carbocycles. The molecule has 1 aromatic rings. The highest BCUT2D eigenvalue weighted by molar-refractivity contribution is 7.89. The molecule has 1 aromatic heterocycles. The fourth-order valence-electron chi connectivity index (χ4n) is 1.40. The Bertz CT molecular complexity index is 469. The number of anilines is 1. The van der Waals surface area contributed by atoms with Crippen LogP contribution in [0.4, 0.5) is 5.82 Å². The summed E-state index contributed by atoms with van der Waals surface area (Å²) in [6, 6.07) is 0. The van der Waals surface area contributed by atoms with E-state index in [1.54, 1.807) is 14.2 Å². The summed E-state index contributed by atoms with van der Waals surface area (Å²) in [4.78, 5) is 0.0416. The highest BCUT2D eigenvalue weighted by Gasteiger charge is 2.25. The lowest BCUT2D eigenvalue weighted by molar-refractivity contribution is 0.189. The topological polar surface area (TPSA) is 90.5 Å². The number of ether oxygens (including phenoxy) is 1. The van der Waals surface area contributed by atoms with E-state index in [9.17, 15) is 8.42 Å². The third-order valence-electron chi connectivity index (χ3n) is 2.33. The van der Waals surface area contributed by atoms with Crippen molar-refractivity contribution >= 4 is 15.8 Å². The molecule has 0 atom stereocenters. The minimum atomic E-state index is -3.56. The molecule has 0 aliphatic heterocycles. The van der Waals surface area contributed by atoms with Gasteiger partial charge in [-0.15, -0.1) is 0 Å². The van der Waals surface area contributed by atoms with E-state index in [1.807, 2.05) is 0 Å². The van der Waals surface area contributed by atoms with Crippen molar-refractivity contribution in [3.05, 3.63) is 6.20 Å². The number of nitrogens with two attached hydrogens (primary N) is 1. The van der Waals surface area contributed by atoms with Gasteiger partial charge in [0.2, 0.25) is 10.0 Å². The van der Waals surface area contributed by atoms with Gasteiger partial charge in [-0.05, 0) is 6.42 Å². The number of aromatic nitrogens is 2. The number of methoxy groups -OCH3 is 1. The van der Waals surface area contributed by atoms with Crippen LogP contribution in [0.1, 0.15) is 6.42 Å². The van der Waals surface area contributed by atoms with E-state index >= 15 is 0 Å². The molecule has 0 saturated carbocycles. The number of nitrogens with zero attached hydrogens (tertiary/aromatic N) is 3. The van der Waals surface area contributed by atoms with Crippen LogP contribution in [0.5, 0.6) is 0 Å². The maximum absolute atomic E-state index is 12.1. The molecule has 0 unspecified atom stereocenters. The van der Waals surface area contributed by atoms with Crippen LogP contribution in [0.25, 0.3) is 0 Å². The normalized spacial score (nSPS) is 12.2. The SMILES string of the molecule is COCCCN(C)S(=O)(=O)c1cn(C)nc1N. The highest BCUT2D eigenvalue weighted by Crippen LogP contribution is 2.19. The fraction of sp³-hybridized carbons (Fsp3) is 0.667. The summed E-state index contributed by atoms with van der Waals surface area (Å²) in [6.45, 7) is 0.896. The lowest BCUT2D eigenvalue weighted by atomic mass is 10.5. The fourth-order valence-corrected chi connectivity index (χ4v) is 2.70. The first kappa shape index (κ1) is 13.9. The summed E-state index contributed by atoms with van der Waals surface area (Å²) in [5.74, 6) is 0.0195. The van der Waals surface area contributed by atoms with Crippen LogP contribution in [0.15, 0.2) is 11.1 Å². The summed E-state index contributed by atoms with van der Waals surface area (Å²) < 4.78 is 31.7. The van der Waals surface area contributed by atoms with Gasteiger partial charge in [-0.1, -0.05) is 0 Å². The zero-order valence-corrected chi connectivity index (χ0v) is 11.1. The van der Waals surface area contributed by atoms with Crippen molar-refractivity contribution in [3.8, 4) is 0 Å². The van der Waals surface area contributed by atoms with Crippen molar-refractivity contribution in [2.75, 3.05) is 33.0 Å². The number of aryl methyl sites for hydroxylation is 1. The maximum atomic E-state index is 12.1. The van der Waals surface area contributed by atoms with Crippen LogP contribution in [-0.2, 0) is 21.8 Å². The van der Waals surface area contributed by atoms with Gasteiger partial charge in [0.25, 0.3) is 0 Å². The molecule has 1 heterocycles. The monoisotopic (exact) mass is 262 g/mol. The Balaban J connectivity index is 2.84. The Morgan fingerprint density at radius 1 is 1.59 bits per heavy atom. The quantitative estimate of drug-likeness (QED) is 0.708. The van der Waals surface area contributed by atoms with E-state index < -0.39 is 10.0 Å². The minimum absolute atomic E-state index is 0.0195. The Kier molecular flexibility index (Phi) is 4.49. The summed E-state index contributed by atoms with van der Waals surface area (Å²) in [5, 5.41) is 3.82. The molecule has 0 radical (unpaired) electrons. The first-order valence-corrected chi connectivity index (χ1v) is 6.58. The lowest BCUT2D eigenvalue weighted by Gasteiger charge is -2.15. The largest absolute Gasteiger partial charge is 0.385 e. The van der Waals surface area contributed by atoms with Gasteiger partial charge in [-0.25, -0.2) is 12.7 Å². The van der Waals surface area contributed by atoms with E-state index in [2.05, 4.69) is 5.10 Å². The summed E-state index contributed by atoms with van der Waals surface area (Å²) in [6.07, 6.45) is 2.03. The predicted octanol–water partition coefficient (Wildman–Crippen LogP) is -0.341. The Morgan fingerprint density at radius 2 is 2.24 bits per heavy atom. The van der Waals surface area contributed by atoms with Gasteiger partial charge in [0.15, 0.2) is 5.82 Å². The first-order valence-electron chi connectivity index (χ1n) is 5.14. The third kappa shape index (κ3) is 3.18. The summed E-state index contributed by atoms with van der Waals surface area (Å²) >= 11 is 0. The number of sulfonamides is 1. The number of rotatable bonds is 6. The second kappa shape index (κ2) is 5.48. The molecule has 0 aliphatic carbocycles. The summed E-state index contributed by atoms with van der Waals surface area (Å²) in [7, 11) is 1.15. The molecule has 17 heavy (non-hydrogen) atoms. The molecule has 0 saturated heterocycles. The van der Waals surface area contributed by atoms with E-state index in [-0.39, 0.29) is 10.7 Å². The van der Waals surface area contributed by atoms with Crippen molar-refractivity contribution in [2.24, 2.45) is 7.05 Å². The molecule has 8 heteroatoms. The first-order chi connectivity index (χ1) is 7.89. The number of hydrogen-bond acceptors (Lipinski definition) is 5. The average Bonchev–Trinajstić information content (AvgIpc) is 2.58. The van der Waals surface area contributed by atoms with E-state index in [1.165, 1.54) is 22.2 Å². The molecule has 0 fully saturated rings. The second-order valence-electron chi connectivity index (χ2n) is 3.73. The van der Waals surface area contributed by atoms with Gasteiger partial charge in [0, 0.05) is 40.6 Å². The zero-order chi connectivity index (χ0) is 13.1. The van der Waals surface area contributed by atoms with Crippen LogP contribution >= 0.6 is 0 Å². The number of nitrogen functional groups attached to an aromatic ring is 1. The van der Waals surface area contributed by atoms with Crippen LogP contribution in [-0.4, -0.2) is 49.8 Å². The van der Waals surface area contributed by atoms with E-state index in [0.717, 1.165) is 0 Å². The van der Waals surface area contributed by atoms with Crippen LogP contribution in [0.3, 0.4) is 0 Å². The lowest BCUT2D eigenvalue weighted by Crippen LogP contribution is -2.28. The molecular weight excluding hydrogens is 244 g/mol. The van der Waals surface area contributed by atoms with Crippen molar-refractivity contribution in [3.63, 3.8) is 0 Å². The highest BCUT2D eigenvalue weighted by atomic mass is 32.2. The van der Waals surface area contributed by atoms with Gasteiger partial charge in [0.1, 0.15) is 4.90 Å². The van der Waals surface area contributed by atoms with Gasteiger partial charge in [-0.2, -0.15) is 5.10 Å². The van der Waals surface area contributed by atoms with E-state index in [4.69, 9.17) is 10.5 Å². The molecule has 98 valence electrons. The molecular formula is C9H18N4O3S. The molecule has 1 rings (SSSR count). The van der Waals surface area contributed by atoms with Crippen molar-refractivity contribution in [1.82, 2.24) is 14.1 Å². The Labute approximate surface area is 101 Å². The van der Waals surface area contributed by atoms with Crippen LogP contribution < -0.4 is 5.73 Å². The molecule has 0 spiro atoms. The molecule has 2 N–H and O–H groups in total. The second-order valence-corrected chi connectivity index (χ2v) is 5.74.